The Morgan fingerprint density at radius 3 is 1.52 bits per heavy atom. The zero-order valence-electron chi connectivity index (χ0n) is 44.7. The van der Waals surface area contributed by atoms with Crippen molar-refractivity contribution in [3.8, 4) is 11.4 Å². The predicted octanol–water partition coefficient (Wildman–Crippen LogP) is 3.13. The summed E-state index contributed by atoms with van der Waals surface area (Å²) in [7, 11) is 1.32. The zero-order chi connectivity index (χ0) is 57.2. The van der Waals surface area contributed by atoms with Crippen molar-refractivity contribution >= 4 is 69.3 Å². The first-order valence-corrected chi connectivity index (χ1v) is 26.4. The Hall–Kier alpha value is -9.66. The summed E-state index contributed by atoms with van der Waals surface area (Å²) in [5.74, 6) is -2.82. The largest absolute Gasteiger partial charge is 1.00 e. The monoisotopic (exact) mass is 1190 g/mol. The van der Waals surface area contributed by atoms with Crippen LogP contribution >= 0.6 is 23.2 Å². The number of halogens is 4. The van der Waals surface area contributed by atoms with Gasteiger partial charge in [-0.3, -0.25) is 9.59 Å². The van der Waals surface area contributed by atoms with Crippen molar-refractivity contribution in [2.45, 2.75) is 63.7 Å². The third kappa shape index (κ3) is 11.4. The molecule has 0 aliphatic heterocycles. The number of hydrogen-bond acceptors (Lipinski definition) is 16. The van der Waals surface area contributed by atoms with Gasteiger partial charge in [0.05, 0.1) is 115 Å². The standard InChI is InChI=1S/C27H22ClFN10O3.C26H20ClFN10O3.Li.H2O/c1-42-27(41)17-7-32-39(10-17)22-6-16(15-2-3-15)9-37-11-18(33-25(22)37)12-38-13-21(34-35-38)26(40)30-8-20-24-23(29)19(28)4-5-36(24)14-31-20;27-18-3-4-35-13-30-19(23(35)22(18)28)7-29-25(39)20-12-37(34-33-20)11-17-10-36-8-15(14-1-2-14)5-21(24(36)32-17)38-9-16(6-31-38)26(40)41;;/h4-7,9-11,13-15H,2-3,8,12H2,1H3,(H,30,40);3-6,8-10,12-14H,1-2,7,11H2,(H,29,39)(H,40,41);;1H2/q;;+1;/p-1. The Balaban J connectivity index is 0.000000173. The molecule has 12 heterocycles. The Kier molecular flexibility index (Phi) is 15.6. The SMILES string of the molecule is COC(=O)c1cnn(-c2cc(C3CC3)cn3cc(Cn4cc(C(=O)NCc5ncn6ccc(Cl)c(F)c56)nn4)nc23)c1.O=C(O)c1cnn(-c2cc(C3CC3)cn3cc(Cn4cc(C(=O)NCc5ncn6ccc(Cl)c(F)c56)nn4)nc23)c1.[Li+].[OH-]. The molecule has 27 nitrogen and oxygen atoms in total. The summed E-state index contributed by atoms with van der Waals surface area (Å²) in [6.45, 7) is 0.426. The molecule has 2 amide bonds. The van der Waals surface area contributed by atoms with E-state index in [9.17, 15) is 33.1 Å². The number of imidazole rings is 4. The maximum Gasteiger partial charge on any atom is 1.00 e. The van der Waals surface area contributed by atoms with Crippen LogP contribution in [0.2, 0.25) is 10.0 Å². The van der Waals surface area contributed by atoms with Gasteiger partial charge >= 0.3 is 30.8 Å². The molecule has 12 aromatic rings. The summed E-state index contributed by atoms with van der Waals surface area (Å²) in [6.07, 6.45) is 27.1. The van der Waals surface area contributed by atoms with E-state index in [2.05, 4.69) is 51.4 Å². The normalized spacial score (nSPS) is 13.0. The van der Waals surface area contributed by atoms with Gasteiger partial charge in [-0.05, 0) is 72.9 Å². The average molecular weight is 1190 g/mol. The number of rotatable bonds is 16. The van der Waals surface area contributed by atoms with Gasteiger partial charge in [-0.25, -0.2) is 57.0 Å². The molecule has 4 N–H and O–H groups in total. The summed E-state index contributed by atoms with van der Waals surface area (Å²) >= 11 is 11.8. The van der Waals surface area contributed by atoms with Crippen LogP contribution < -0.4 is 29.5 Å². The van der Waals surface area contributed by atoms with Gasteiger partial charge in [0, 0.05) is 49.6 Å². The van der Waals surface area contributed by atoms with Gasteiger partial charge in [-0.1, -0.05) is 33.6 Å². The summed E-state index contributed by atoms with van der Waals surface area (Å²) in [5.41, 5.74) is 7.85. The van der Waals surface area contributed by atoms with E-state index in [0.717, 1.165) is 42.5 Å². The number of carbonyl (C=O) groups is 4. The van der Waals surface area contributed by atoms with E-state index in [-0.39, 0.29) is 88.5 Å². The summed E-state index contributed by atoms with van der Waals surface area (Å²) < 4.78 is 46.7. The molecule has 85 heavy (non-hydrogen) atoms. The first kappa shape index (κ1) is 57.2. The van der Waals surface area contributed by atoms with Crippen LogP contribution in [0.5, 0.6) is 0 Å². The Bertz CT molecular complexity index is 4570. The fraction of sp³-hybridized carbons (Fsp3) is 0.208. The second kappa shape index (κ2) is 23.2. The van der Waals surface area contributed by atoms with Gasteiger partial charge < -0.3 is 43.6 Å². The summed E-state index contributed by atoms with van der Waals surface area (Å²) in [4.78, 5) is 66.7. The van der Waals surface area contributed by atoms with Crippen molar-refractivity contribution in [1.29, 1.82) is 0 Å². The number of carbonyl (C=O) groups excluding carboxylic acids is 3. The van der Waals surface area contributed by atoms with Gasteiger partial charge in [0.1, 0.15) is 22.4 Å². The van der Waals surface area contributed by atoms with Gasteiger partial charge in [-0.15, -0.1) is 10.2 Å². The average Bonchev–Trinajstić information content (AvgIpc) is 2.48. The summed E-state index contributed by atoms with van der Waals surface area (Å²) in [6, 6.07) is 6.89. The van der Waals surface area contributed by atoms with E-state index in [1.54, 1.807) is 23.3 Å². The van der Waals surface area contributed by atoms with Crippen LogP contribution in [0, 0.1) is 11.6 Å². The van der Waals surface area contributed by atoms with E-state index in [0.29, 0.717) is 57.2 Å². The van der Waals surface area contributed by atoms with Gasteiger partial charge in [-0.2, -0.15) is 10.2 Å². The van der Waals surface area contributed by atoms with Gasteiger partial charge in [0.15, 0.2) is 34.3 Å². The number of fused-ring (bicyclic) bond motifs is 4. The van der Waals surface area contributed by atoms with Crippen LogP contribution in [0.15, 0.2) is 111 Å². The molecule has 2 aliphatic carbocycles. The Labute approximate surface area is 498 Å². The maximum atomic E-state index is 14.5. The molecule has 0 unspecified atom stereocenters. The van der Waals surface area contributed by atoms with E-state index in [4.69, 9.17) is 37.9 Å². The first-order chi connectivity index (χ1) is 40.2. The van der Waals surface area contributed by atoms with Crippen LogP contribution in [0.1, 0.15) is 113 Å². The van der Waals surface area contributed by atoms with Crippen LogP contribution in [-0.2, 0) is 30.9 Å². The molecular formula is C53H43Cl2F2LiN20O7. The fourth-order valence-corrected chi connectivity index (χ4v) is 9.84. The van der Waals surface area contributed by atoms with Crippen LogP contribution in [0.4, 0.5) is 8.78 Å². The second-order valence-corrected chi connectivity index (χ2v) is 20.6. The van der Waals surface area contributed by atoms with Crippen LogP contribution in [0.3, 0.4) is 0 Å². The smallest absolute Gasteiger partial charge is 0.870 e. The van der Waals surface area contributed by atoms with Gasteiger partial charge in [0.25, 0.3) is 11.8 Å². The number of amides is 2. The van der Waals surface area contributed by atoms with Crippen molar-refractivity contribution in [3.63, 3.8) is 0 Å². The number of pyridine rings is 4. The molecule has 2 saturated carbocycles. The van der Waals surface area contributed by atoms with E-state index >= 15 is 0 Å². The molecule has 0 spiro atoms. The molecular weight excluding hydrogens is 1140 g/mol. The Morgan fingerprint density at radius 2 is 1.09 bits per heavy atom. The van der Waals surface area contributed by atoms with Crippen molar-refractivity contribution in [2.24, 2.45) is 0 Å². The molecule has 32 heteroatoms. The molecule has 0 bridgehead atoms. The molecule has 2 aliphatic rings. The molecule has 14 rings (SSSR count). The number of carboxylic acid groups (broad SMARTS) is 1. The molecule has 0 radical (unpaired) electrons. The second-order valence-electron chi connectivity index (χ2n) is 19.8. The quantitative estimate of drug-likeness (QED) is 0.0924. The van der Waals surface area contributed by atoms with E-state index < -0.39 is 35.4 Å². The van der Waals surface area contributed by atoms with Crippen molar-refractivity contribution < 1.29 is 62.1 Å². The van der Waals surface area contributed by atoms with Crippen molar-refractivity contribution in [2.75, 3.05) is 7.11 Å². The number of carboxylic acids is 1. The minimum Gasteiger partial charge on any atom is -0.870 e. The van der Waals surface area contributed by atoms with Gasteiger partial charge in [0.2, 0.25) is 0 Å². The number of nitrogens with one attached hydrogen (secondary N) is 2. The number of aromatic nitrogens is 18. The number of ether oxygens (including phenoxy) is 1. The molecule has 0 atom stereocenters. The number of methoxy groups -OCH3 is 1. The zero-order valence-corrected chi connectivity index (χ0v) is 46.2. The minimum atomic E-state index is -1.06. The van der Waals surface area contributed by atoms with Crippen molar-refractivity contribution in [1.82, 2.24) is 97.7 Å². The minimum absolute atomic E-state index is 0. The van der Waals surface area contributed by atoms with E-state index in [1.165, 1.54) is 85.7 Å². The number of nitrogens with zero attached hydrogens (tertiary/aromatic N) is 18. The molecule has 2 fully saturated rings. The Morgan fingerprint density at radius 1 is 0.647 bits per heavy atom. The number of hydrogen-bond donors (Lipinski definition) is 3. The predicted molar refractivity (Wildman–Crippen MR) is 290 cm³/mol. The topological polar surface area (TPSA) is 318 Å². The fourth-order valence-electron chi connectivity index (χ4n) is 9.55. The first-order valence-electron chi connectivity index (χ1n) is 25.6. The molecule has 0 saturated heterocycles. The summed E-state index contributed by atoms with van der Waals surface area (Å²) in [5, 5.41) is 39.3. The number of esters is 1. The van der Waals surface area contributed by atoms with Crippen molar-refractivity contribution in [3.05, 3.63) is 189 Å². The third-order valence-corrected chi connectivity index (χ3v) is 14.6. The molecule has 426 valence electrons. The number of aromatic carboxylic acids is 1. The van der Waals surface area contributed by atoms with Crippen LogP contribution in [0.25, 0.3) is 33.7 Å². The maximum absolute atomic E-state index is 14.5. The molecule has 12 aromatic heterocycles. The third-order valence-electron chi connectivity index (χ3n) is 14.0. The van der Waals surface area contributed by atoms with E-state index in [1.807, 2.05) is 45.7 Å². The van der Waals surface area contributed by atoms with Crippen LogP contribution in [-0.4, -0.2) is 129 Å². The molecule has 0 aromatic carbocycles.